The summed E-state index contributed by atoms with van der Waals surface area (Å²) in [4.78, 5) is 24.3. The smallest absolute Gasteiger partial charge is 0.315 e. The zero-order valence-electron chi connectivity index (χ0n) is 15.7. The molecule has 3 atom stereocenters. The predicted octanol–water partition coefficient (Wildman–Crippen LogP) is 1.28. The van der Waals surface area contributed by atoms with Gasteiger partial charge in [0.15, 0.2) is 0 Å². The van der Waals surface area contributed by atoms with Crippen LogP contribution in [0.3, 0.4) is 0 Å². The molecule has 9 nitrogen and oxygen atoms in total. The lowest BCUT2D eigenvalue weighted by Gasteiger charge is -2.35. The Kier molecular flexibility index (Phi) is 7.83. The van der Waals surface area contributed by atoms with Crippen LogP contribution in [0, 0.1) is 12.8 Å². The molecule has 0 saturated heterocycles. The summed E-state index contributed by atoms with van der Waals surface area (Å²) in [5.41, 5.74) is 1.30. The zero-order valence-corrected chi connectivity index (χ0v) is 15.7. The number of nitrogens with one attached hydrogen (secondary N) is 3. The third kappa shape index (κ3) is 5.69. The summed E-state index contributed by atoms with van der Waals surface area (Å²) in [5.74, 6) is -0.182. The van der Waals surface area contributed by atoms with Crippen molar-refractivity contribution in [1.82, 2.24) is 26.3 Å². The lowest BCUT2D eigenvalue weighted by atomic mass is 9.83. The minimum Gasteiger partial charge on any atom is -0.376 e. The summed E-state index contributed by atoms with van der Waals surface area (Å²) in [6.07, 6.45) is 2.70. The number of aromatic nitrogens is 2. The van der Waals surface area contributed by atoms with Gasteiger partial charge in [0.2, 0.25) is 5.91 Å². The number of ether oxygens (including phenoxy) is 1. The van der Waals surface area contributed by atoms with E-state index in [9.17, 15) is 9.59 Å². The Bertz CT molecular complexity index is 591. The van der Waals surface area contributed by atoms with Gasteiger partial charge in [-0.1, -0.05) is 17.2 Å². The Labute approximate surface area is 153 Å². The van der Waals surface area contributed by atoms with E-state index >= 15 is 0 Å². The maximum atomic E-state index is 12.5. The van der Waals surface area contributed by atoms with Crippen molar-refractivity contribution in [3.05, 3.63) is 11.4 Å². The van der Waals surface area contributed by atoms with Crippen LogP contribution < -0.4 is 16.0 Å². The van der Waals surface area contributed by atoms with Gasteiger partial charge < -0.3 is 20.7 Å². The first-order chi connectivity index (χ1) is 12.5. The van der Waals surface area contributed by atoms with Crippen LogP contribution in [0.4, 0.5) is 4.79 Å². The maximum Gasteiger partial charge on any atom is 0.315 e. The first-order valence-electron chi connectivity index (χ1n) is 9.26. The van der Waals surface area contributed by atoms with E-state index in [1.807, 2.05) is 13.8 Å². The first-order valence-corrected chi connectivity index (χ1v) is 9.26. The highest BCUT2D eigenvalue weighted by molar-refractivity contribution is 5.79. The molecule has 0 aliphatic heterocycles. The standard InChI is InChI=1S/C17H29N5O4/c1-4-8-25-15-9-12(6-7-13(15)20-17(24)18-5-2)16(23)19-10-14-11(3)21-26-22-14/h12-13,15H,4-10H2,1-3H3,(H,19,23)(H2,18,20,24)/t12-,13+,15+/m0/s1. The second-order valence-corrected chi connectivity index (χ2v) is 6.54. The molecular weight excluding hydrogens is 338 g/mol. The number of carbonyl (C=O) groups excluding carboxylic acids is 2. The van der Waals surface area contributed by atoms with Gasteiger partial charge in [-0.3, -0.25) is 4.79 Å². The van der Waals surface area contributed by atoms with Crippen LogP contribution in [0.5, 0.6) is 0 Å². The van der Waals surface area contributed by atoms with Crippen LogP contribution in [-0.2, 0) is 16.1 Å². The Hall–Kier alpha value is -2.16. The molecule has 1 aromatic rings. The van der Waals surface area contributed by atoms with Gasteiger partial charge in [0.05, 0.1) is 18.7 Å². The average molecular weight is 367 g/mol. The average Bonchev–Trinajstić information content (AvgIpc) is 3.04. The van der Waals surface area contributed by atoms with Gasteiger partial charge >= 0.3 is 6.03 Å². The molecule has 0 spiro atoms. The van der Waals surface area contributed by atoms with Crippen molar-refractivity contribution in [2.45, 2.75) is 65.1 Å². The lowest BCUT2D eigenvalue weighted by Crippen LogP contribution is -2.52. The number of hydrogen-bond acceptors (Lipinski definition) is 6. The molecule has 1 aliphatic carbocycles. The quantitative estimate of drug-likeness (QED) is 0.637. The third-order valence-electron chi connectivity index (χ3n) is 4.53. The SMILES string of the molecule is CCCO[C@@H]1C[C@@H](C(=O)NCc2nonc2C)CC[C@H]1NC(=O)NCC. The topological polar surface area (TPSA) is 118 Å². The van der Waals surface area contributed by atoms with E-state index in [0.717, 1.165) is 6.42 Å². The molecule has 3 N–H and O–H groups in total. The highest BCUT2D eigenvalue weighted by Gasteiger charge is 2.35. The molecule has 3 amide bonds. The van der Waals surface area contributed by atoms with E-state index in [1.165, 1.54) is 0 Å². The van der Waals surface area contributed by atoms with E-state index in [2.05, 4.69) is 30.9 Å². The highest BCUT2D eigenvalue weighted by atomic mass is 16.6. The fourth-order valence-corrected chi connectivity index (χ4v) is 3.09. The van der Waals surface area contributed by atoms with Crippen molar-refractivity contribution in [1.29, 1.82) is 0 Å². The Morgan fingerprint density at radius 2 is 2.04 bits per heavy atom. The molecule has 0 aromatic carbocycles. The van der Waals surface area contributed by atoms with Crippen molar-refractivity contribution < 1.29 is 19.0 Å². The van der Waals surface area contributed by atoms with E-state index in [0.29, 0.717) is 50.3 Å². The van der Waals surface area contributed by atoms with Crippen molar-refractivity contribution in [3.8, 4) is 0 Å². The van der Waals surface area contributed by atoms with Crippen LogP contribution in [0.2, 0.25) is 0 Å². The Morgan fingerprint density at radius 3 is 2.69 bits per heavy atom. The largest absolute Gasteiger partial charge is 0.376 e. The van der Waals surface area contributed by atoms with Crippen LogP contribution in [0.1, 0.15) is 50.9 Å². The number of urea groups is 1. The van der Waals surface area contributed by atoms with Crippen LogP contribution in [0.25, 0.3) is 0 Å². The number of nitrogens with zero attached hydrogens (tertiary/aromatic N) is 2. The fourth-order valence-electron chi connectivity index (χ4n) is 3.09. The van der Waals surface area contributed by atoms with Crippen molar-refractivity contribution in [2.75, 3.05) is 13.2 Å². The molecule has 1 fully saturated rings. The van der Waals surface area contributed by atoms with Gasteiger partial charge in [-0.2, -0.15) is 0 Å². The van der Waals surface area contributed by atoms with Crippen molar-refractivity contribution >= 4 is 11.9 Å². The molecular formula is C17H29N5O4. The molecule has 1 heterocycles. The number of carbonyl (C=O) groups is 2. The van der Waals surface area contributed by atoms with Crippen LogP contribution in [-0.4, -0.2) is 47.5 Å². The van der Waals surface area contributed by atoms with Crippen LogP contribution in [0.15, 0.2) is 4.63 Å². The summed E-state index contributed by atoms with van der Waals surface area (Å²) in [7, 11) is 0. The minimum absolute atomic E-state index is 0.0334. The normalized spacial score (nSPS) is 22.7. The van der Waals surface area contributed by atoms with E-state index in [1.54, 1.807) is 6.92 Å². The number of hydrogen-bond donors (Lipinski definition) is 3. The second-order valence-electron chi connectivity index (χ2n) is 6.54. The highest BCUT2D eigenvalue weighted by Crippen LogP contribution is 2.27. The molecule has 0 bridgehead atoms. The molecule has 26 heavy (non-hydrogen) atoms. The zero-order chi connectivity index (χ0) is 18.9. The number of aryl methyl sites for hydroxylation is 1. The Morgan fingerprint density at radius 1 is 1.23 bits per heavy atom. The molecule has 2 rings (SSSR count). The van der Waals surface area contributed by atoms with E-state index < -0.39 is 0 Å². The van der Waals surface area contributed by atoms with Gasteiger partial charge in [0.25, 0.3) is 0 Å². The predicted molar refractivity (Wildman–Crippen MR) is 94.3 cm³/mol. The number of amides is 3. The summed E-state index contributed by atoms with van der Waals surface area (Å²) in [5, 5.41) is 16.1. The van der Waals surface area contributed by atoms with Crippen molar-refractivity contribution in [3.63, 3.8) is 0 Å². The van der Waals surface area contributed by atoms with Gasteiger partial charge in [-0.15, -0.1) is 0 Å². The van der Waals surface area contributed by atoms with Gasteiger partial charge in [-0.05, 0) is 39.5 Å². The first kappa shape index (κ1) is 20.2. The van der Waals surface area contributed by atoms with Crippen molar-refractivity contribution in [2.24, 2.45) is 5.92 Å². The monoisotopic (exact) mass is 367 g/mol. The fraction of sp³-hybridized carbons (Fsp3) is 0.765. The van der Waals surface area contributed by atoms with Gasteiger partial charge in [0, 0.05) is 19.1 Å². The third-order valence-corrected chi connectivity index (χ3v) is 4.53. The number of rotatable bonds is 8. The summed E-state index contributed by atoms with van der Waals surface area (Å²) in [6, 6.07) is -0.279. The summed E-state index contributed by atoms with van der Waals surface area (Å²) in [6.45, 7) is 7.17. The molecule has 0 radical (unpaired) electrons. The molecule has 1 saturated carbocycles. The van der Waals surface area contributed by atoms with Gasteiger partial charge in [-0.25, -0.2) is 9.42 Å². The molecule has 146 valence electrons. The second kappa shape index (κ2) is 10.1. The molecule has 0 unspecified atom stereocenters. The summed E-state index contributed by atoms with van der Waals surface area (Å²) < 4.78 is 10.6. The summed E-state index contributed by atoms with van der Waals surface area (Å²) >= 11 is 0. The molecule has 1 aromatic heterocycles. The van der Waals surface area contributed by atoms with E-state index in [4.69, 9.17) is 4.74 Å². The molecule has 9 heteroatoms. The Balaban J connectivity index is 1.89. The van der Waals surface area contributed by atoms with Gasteiger partial charge in [0.1, 0.15) is 11.4 Å². The lowest BCUT2D eigenvalue weighted by molar-refractivity contribution is -0.128. The molecule has 1 aliphatic rings. The minimum atomic E-state index is -0.195. The maximum absolute atomic E-state index is 12.5. The van der Waals surface area contributed by atoms with Crippen LogP contribution >= 0.6 is 0 Å². The van der Waals surface area contributed by atoms with E-state index in [-0.39, 0.29) is 30.0 Å².